The fourth-order valence-corrected chi connectivity index (χ4v) is 1.50. The van der Waals surface area contributed by atoms with E-state index in [1.165, 1.54) is 0 Å². The zero-order valence-electron chi connectivity index (χ0n) is 7.93. The Labute approximate surface area is 83.3 Å². The number of hydrogen-bond acceptors (Lipinski definition) is 3. The lowest BCUT2D eigenvalue weighted by Gasteiger charge is -2.13. The Morgan fingerprint density at radius 2 is 2.14 bits per heavy atom. The molecule has 0 unspecified atom stereocenters. The van der Waals surface area contributed by atoms with Crippen LogP contribution in [-0.2, 0) is 16.1 Å². The molecule has 0 aromatic heterocycles. The maximum atomic E-state index is 9.32. The van der Waals surface area contributed by atoms with E-state index in [0.29, 0.717) is 13.2 Å². The topological polar surface area (TPSA) is 38.7 Å². The monoisotopic (exact) mass is 194 g/mol. The first-order chi connectivity index (χ1) is 6.86. The summed E-state index contributed by atoms with van der Waals surface area (Å²) in [7, 11) is 0. The summed E-state index contributed by atoms with van der Waals surface area (Å²) in [6.07, 6.45) is -0.150. The van der Waals surface area contributed by atoms with Gasteiger partial charge in [-0.05, 0) is 5.56 Å². The Morgan fingerprint density at radius 3 is 2.79 bits per heavy atom. The highest BCUT2D eigenvalue weighted by atomic mass is 16.6. The lowest BCUT2D eigenvalue weighted by atomic mass is 10.2. The van der Waals surface area contributed by atoms with Gasteiger partial charge in [-0.25, -0.2) is 0 Å². The van der Waals surface area contributed by atoms with Gasteiger partial charge >= 0.3 is 0 Å². The molecule has 3 heteroatoms. The maximum absolute atomic E-state index is 9.32. The van der Waals surface area contributed by atoms with Gasteiger partial charge < -0.3 is 14.6 Å². The van der Waals surface area contributed by atoms with Crippen LogP contribution in [0.5, 0.6) is 0 Å². The smallest absolute Gasteiger partial charge is 0.181 e. The van der Waals surface area contributed by atoms with Gasteiger partial charge in [0.25, 0.3) is 0 Å². The summed E-state index contributed by atoms with van der Waals surface area (Å²) in [5.41, 5.74) is 1.12. The summed E-state index contributed by atoms with van der Waals surface area (Å²) in [5.74, 6) is 0. The van der Waals surface area contributed by atoms with Crippen molar-refractivity contribution >= 4 is 0 Å². The van der Waals surface area contributed by atoms with Crippen molar-refractivity contribution in [2.75, 3.05) is 6.61 Å². The van der Waals surface area contributed by atoms with E-state index in [1.54, 1.807) is 0 Å². The first-order valence-electron chi connectivity index (χ1n) is 4.81. The molecule has 1 fully saturated rings. The van der Waals surface area contributed by atoms with Crippen molar-refractivity contribution in [1.29, 1.82) is 0 Å². The van der Waals surface area contributed by atoms with Gasteiger partial charge in [-0.2, -0.15) is 0 Å². The van der Waals surface area contributed by atoms with Gasteiger partial charge in [0.15, 0.2) is 6.29 Å². The molecule has 3 nitrogen and oxygen atoms in total. The number of aliphatic hydroxyl groups is 1. The van der Waals surface area contributed by atoms with Crippen molar-refractivity contribution < 1.29 is 14.6 Å². The molecule has 0 saturated carbocycles. The Balaban J connectivity index is 1.82. The normalized spacial score (nSPS) is 26.6. The van der Waals surface area contributed by atoms with Crippen LogP contribution in [0.15, 0.2) is 30.3 Å². The summed E-state index contributed by atoms with van der Waals surface area (Å²) in [5, 5.41) is 9.32. The molecule has 76 valence electrons. The minimum Gasteiger partial charge on any atom is -0.368 e. The van der Waals surface area contributed by atoms with E-state index in [9.17, 15) is 5.11 Å². The zero-order valence-corrected chi connectivity index (χ0v) is 7.93. The van der Waals surface area contributed by atoms with Gasteiger partial charge in [-0.15, -0.1) is 0 Å². The number of benzene rings is 1. The fourth-order valence-electron chi connectivity index (χ4n) is 1.50. The second-order valence-electron chi connectivity index (χ2n) is 3.39. The molecule has 2 atom stereocenters. The van der Waals surface area contributed by atoms with E-state index >= 15 is 0 Å². The van der Waals surface area contributed by atoms with E-state index in [-0.39, 0.29) is 6.10 Å². The Bertz CT molecular complexity index is 273. The molecule has 1 heterocycles. The second kappa shape index (κ2) is 4.55. The van der Waals surface area contributed by atoms with Crippen LogP contribution in [0.4, 0.5) is 0 Å². The highest BCUT2D eigenvalue weighted by Crippen LogP contribution is 2.16. The molecule has 1 aromatic carbocycles. The van der Waals surface area contributed by atoms with Crippen LogP contribution in [0.2, 0.25) is 0 Å². The average molecular weight is 194 g/mol. The summed E-state index contributed by atoms with van der Waals surface area (Å²) < 4.78 is 10.5. The molecular weight excluding hydrogens is 180 g/mol. The fraction of sp³-hybridized carbons (Fsp3) is 0.455. The van der Waals surface area contributed by atoms with Gasteiger partial charge in [0.05, 0.1) is 13.2 Å². The van der Waals surface area contributed by atoms with Gasteiger partial charge in [-0.1, -0.05) is 30.3 Å². The third-order valence-electron chi connectivity index (χ3n) is 2.32. The lowest BCUT2D eigenvalue weighted by molar-refractivity contribution is -0.131. The molecule has 1 aliphatic heterocycles. The average Bonchev–Trinajstić information content (AvgIpc) is 2.63. The first-order valence-corrected chi connectivity index (χ1v) is 4.81. The van der Waals surface area contributed by atoms with Crippen molar-refractivity contribution in [2.45, 2.75) is 25.4 Å². The largest absolute Gasteiger partial charge is 0.368 e. The van der Waals surface area contributed by atoms with Crippen LogP contribution >= 0.6 is 0 Å². The second-order valence-corrected chi connectivity index (χ2v) is 3.39. The third-order valence-corrected chi connectivity index (χ3v) is 2.32. The SMILES string of the molecule is O[C@@H]1OCC[C@@H]1OCc1ccccc1. The minimum absolute atomic E-state index is 0.171. The van der Waals surface area contributed by atoms with Crippen LogP contribution in [0.25, 0.3) is 0 Å². The molecule has 1 N–H and O–H groups in total. The van der Waals surface area contributed by atoms with E-state index < -0.39 is 6.29 Å². The molecule has 14 heavy (non-hydrogen) atoms. The first kappa shape index (κ1) is 9.65. The van der Waals surface area contributed by atoms with Crippen LogP contribution in [0.3, 0.4) is 0 Å². The Morgan fingerprint density at radius 1 is 1.36 bits per heavy atom. The predicted molar refractivity (Wildman–Crippen MR) is 51.6 cm³/mol. The number of hydrogen-bond donors (Lipinski definition) is 1. The molecule has 1 saturated heterocycles. The molecular formula is C11H14O3. The summed E-state index contributed by atoms with van der Waals surface area (Å²) in [4.78, 5) is 0. The number of ether oxygens (including phenoxy) is 2. The Hall–Kier alpha value is -0.900. The molecule has 2 rings (SSSR count). The van der Waals surface area contributed by atoms with Gasteiger partial charge in [0.2, 0.25) is 0 Å². The van der Waals surface area contributed by atoms with E-state index in [4.69, 9.17) is 9.47 Å². The molecule has 1 aromatic rings. The van der Waals surface area contributed by atoms with Gasteiger partial charge in [0, 0.05) is 6.42 Å². The van der Waals surface area contributed by atoms with Crippen LogP contribution in [0.1, 0.15) is 12.0 Å². The molecule has 0 radical (unpaired) electrons. The number of rotatable bonds is 3. The van der Waals surface area contributed by atoms with Crippen LogP contribution < -0.4 is 0 Å². The number of aliphatic hydroxyl groups excluding tert-OH is 1. The highest BCUT2D eigenvalue weighted by Gasteiger charge is 2.26. The van der Waals surface area contributed by atoms with Crippen LogP contribution in [0, 0.1) is 0 Å². The summed E-state index contributed by atoms with van der Waals surface area (Å²) in [6, 6.07) is 9.92. The molecule has 0 bridgehead atoms. The molecule has 1 aliphatic rings. The summed E-state index contributed by atoms with van der Waals surface area (Å²) in [6.45, 7) is 1.12. The molecule has 0 amide bonds. The van der Waals surface area contributed by atoms with Crippen molar-refractivity contribution in [2.24, 2.45) is 0 Å². The maximum Gasteiger partial charge on any atom is 0.181 e. The Kier molecular flexibility index (Phi) is 3.14. The van der Waals surface area contributed by atoms with Crippen LogP contribution in [-0.4, -0.2) is 24.1 Å². The molecule has 0 aliphatic carbocycles. The minimum atomic E-state index is -0.751. The third kappa shape index (κ3) is 2.32. The summed E-state index contributed by atoms with van der Waals surface area (Å²) >= 11 is 0. The van der Waals surface area contributed by atoms with Crippen molar-refractivity contribution in [3.63, 3.8) is 0 Å². The predicted octanol–water partition coefficient (Wildman–Crippen LogP) is 1.31. The van der Waals surface area contributed by atoms with Gasteiger partial charge in [-0.3, -0.25) is 0 Å². The quantitative estimate of drug-likeness (QED) is 0.788. The van der Waals surface area contributed by atoms with Crippen molar-refractivity contribution in [3.05, 3.63) is 35.9 Å². The van der Waals surface area contributed by atoms with Gasteiger partial charge in [0.1, 0.15) is 6.10 Å². The van der Waals surface area contributed by atoms with E-state index in [1.807, 2.05) is 30.3 Å². The van der Waals surface area contributed by atoms with E-state index in [0.717, 1.165) is 12.0 Å². The lowest BCUT2D eigenvalue weighted by Crippen LogP contribution is -2.23. The standard InChI is InChI=1S/C11H14O3/c12-11-10(6-7-13-11)14-8-9-4-2-1-3-5-9/h1-5,10-12H,6-8H2/t10-,11+/m0/s1. The zero-order chi connectivity index (χ0) is 9.80. The van der Waals surface area contributed by atoms with Crippen molar-refractivity contribution in [3.8, 4) is 0 Å². The van der Waals surface area contributed by atoms with Crippen molar-refractivity contribution in [1.82, 2.24) is 0 Å². The highest BCUT2D eigenvalue weighted by molar-refractivity contribution is 5.13. The molecule has 0 spiro atoms. The van der Waals surface area contributed by atoms with E-state index in [2.05, 4.69) is 0 Å².